The van der Waals surface area contributed by atoms with E-state index in [-0.39, 0.29) is 0 Å². The highest BCUT2D eigenvalue weighted by molar-refractivity contribution is 7.99. The summed E-state index contributed by atoms with van der Waals surface area (Å²) in [5, 5.41) is 4.34. The van der Waals surface area contributed by atoms with E-state index in [0.717, 1.165) is 17.1 Å². The summed E-state index contributed by atoms with van der Waals surface area (Å²) < 4.78 is 0. The first-order chi connectivity index (χ1) is 34.7. The van der Waals surface area contributed by atoms with Crippen LogP contribution >= 0.6 is 11.8 Å². The minimum atomic E-state index is -1.34. The summed E-state index contributed by atoms with van der Waals surface area (Å²) in [5.74, 6) is 0. The maximum atomic E-state index is 2.54. The van der Waals surface area contributed by atoms with Crippen molar-refractivity contribution in [1.29, 1.82) is 0 Å². The minimum absolute atomic E-state index is 0.469. The average Bonchev–Trinajstić information content (AvgIpc) is 3.44. The average molecular weight is 925 g/mol. The lowest BCUT2D eigenvalue weighted by atomic mass is 9.64. The molecule has 1 radical (unpaired) electrons. The number of fused-ring (bicyclic) bond motifs is 8. The molecule has 2 aliphatic rings. The van der Waals surface area contributed by atoms with Gasteiger partial charge in [0.1, 0.15) is 0 Å². The van der Waals surface area contributed by atoms with Crippen molar-refractivity contribution < 1.29 is 0 Å². The number of nitrogens with zero attached hydrogens (tertiary/aromatic N) is 1. The van der Waals surface area contributed by atoms with Crippen molar-refractivity contribution in [3.8, 4) is 44.5 Å². The third-order valence-corrected chi connectivity index (χ3v) is 18.3. The van der Waals surface area contributed by atoms with Gasteiger partial charge in [0, 0.05) is 26.9 Å². The predicted molar refractivity (Wildman–Crippen MR) is 296 cm³/mol. The monoisotopic (exact) mass is 924 g/mol. The van der Waals surface area contributed by atoms with Gasteiger partial charge in [0.25, 0.3) is 0 Å². The first-order valence-corrected chi connectivity index (χ1v) is 26.4. The van der Waals surface area contributed by atoms with Gasteiger partial charge in [0.15, 0.2) is 8.80 Å². The van der Waals surface area contributed by atoms with Crippen LogP contribution in [0.25, 0.3) is 44.5 Å². The van der Waals surface area contributed by atoms with Crippen LogP contribution in [0.15, 0.2) is 289 Å². The summed E-state index contributed by atoms with van der Waals surface area (Å²) in [6, 6.07) is 103. The third-order valence-electron chi connectivity index (χ3n) is 14.3. The van der Waals surface area contributed by atoms with Gasteiger partial charge in [-0.15, -0.1) is 0 Å². The van der Waals surface area contributed by atoms with Crippen LogP contribution in [0.4, 0.5) is 17.1 Å². The molecule has 13 rings (SSSR count). The molecule has 2 aliphatic heterocycles. The van der Waals surface area contributed by atoms with Crippen LogP contribution in [0.5, 0.6) is 0 Å². The molecule has 0 unspecified atom stereocenters. The molecule has 0 aromatic heterocycles. The molecule has 1 nitrogen and oxygen atoms in total. The molecule has 0 atom stereocenters. The van der Waals surface area contributed by atoms with Gasteiger partial charge in [0.2, 0.25) is 0 Å². The number of benzene rings is 11. The van der Waals surface area contributed by atoms with Crippen molar-refractivity contribution in [2.24, 2.45) is 0 Å². The van der Waals surface area contributed by atoms with Gasteiger partial charge >= 0.3 is 0 Å². The van der Waals surface area contributed by atoms with Gasteiger partial charge in [-0.3, -0.25) is 0 Å². The van der Waals surface area contributed by atoms with Crippen molar-refractivity contribution in [1.82, 2.24) is 0 Å². The molecule has 0 fully saturated rings. The lowest BCUT2D eigenvalue weighted by Gasteiger charge is -2.47. The summed E-state index contributed by atoms with van der Waals surface area (Å²) in [4.78, 5) is 5.00. The van der Waals surface area contributed by atoms with Crippen molar-refractivity contribution in [2.75, 3.05) is 4.90 Å². The normalized spacial score (nSPS) is 13.1. The van der Waals surface area contributed by atoms with Crippen LogP contribution in [-0.4, -0.2) is 8.80 Å². The molecule has 0 N–H and O–H groups in total. The highest BCUT2D eigenvalue weighted by atomic mass is 32.2. The standard InChI is InChI=1S/C67H46NSSi/c1-4-17-47(18-5-1)48-31-33-49(34-32-48)50-39-42-56(43-40-50)68(55-20-6-2-7-21-55)57-22-16-19-53(45-57)51-35-37-52(38-36-51)54-41-44-66-62(46-54)67(59-25-10-13-28-63(59)69-64-29-14-11-26-60(64)67)61-27-12-15-30-65(61)70(66)58-23-8-3-9-24-58/h1-46H. The Morgan fingerprint density at radius 2 is 0.671 bits per heavy atom. The van der Waals surface area contributed by atoms with Crippen molar-refractivity contribution in [2.45, 2.75) is 15.2 Å². The van der Waals surface area contributed by atoms with E-state index in [1.807, 2.05) is 11.8 Å². The van der Waals surface area contributed by atoms with Crippen LogP contribution in [0, 0.1) is 0 Å². The first kappa shape index (κ1) is 41.9. The first-order valence-electron chi connectivity index (χ1n) is 24.1. The Morgan fingerprint density at radius 3 is 1.29 bits per heavy atom. The maximum absolute atomic E-state index is 2.54. The molecule has 0 amide bonds. The quantitative estimate of drug-likeness (QED) is 0.140. The van der Waals surface area contributed by atoms with E-state index >= 15 is 0 Å². The second kappa shape index (κ2) is 17.7. The van der Waals surface area contributed by atoms with Crippen LogP contribution < -0.4 is 20.5 Å². The van der Waals surface area contributed by atoms with Crippen LogP contribution in [-0.2, 0) is 5.41 Å². The second-order valence-corrected chi connectivity index (χ2v) is 21.7. The molecule has 11 aromatic rings. The van der Waals surface area contributed by atoms with Crippen molar-refractivity contribution >= 4 is 53.2 Å². The van der Waals surface area contributed by atoms with Crippen molar-refractivity contribution in [3.63, 3.8) is 0 Å². The fourth-order valence-electron chi connectivity index (χ4n) is 11.1. The molecule has 1 spiro atoms. The van der Waals surface area contributed by atoms with Crippen LogP contribution in [0.3, 0.4) is 0 Å². The van der Waals surface area contributed by atoms with Crippen LogP contribution in [0.2, 0.25) is 0 Å². The van der Waals surface area contributed by atoms with Gasteiger partial charge in [-0.05, 0) is 132 Å². The van der Waals surface area contributed by atoms with Gasteiger partial charge in [-0.1, -0.05) is 241 Å². The molecule has 2 heterocycles. The lowest BCUT2D eigenvalue weighted by Crippen LogP contribution is -2.62. The van der Waals surface area contributed by atoms with E-state index in [1.54, 1.807) is 0 Å². The van der Waals surface area contributed by atoms with Crippen molar-refractivity contribution in [3.05, 3.63) is 301 Å². The van der Waals surface area contributed by atoms with Gasteiger partial charge in [-0.25, -0.2) is 0 Å². The molecule has 0 saturated carbocycles. The Hall–Kier alpha value is -8.21. The zero-order valence-corrected chi connectivity index (χ0v) is 40.2. The molecule has 3 heteroatoms. The van der Waals surface area contributed by atoms with Crippen LogP contribution in [0.1, 0.15) is 22.3 Å². The number of hydrogen-bond donors (Lipinski definition) is 0. The summed E-state index contributed by atoms with van der Waals surface area (Å²) in [6.45, 7) is 0. The SMILES string of the molecule is c1ccc(-c2ccc(-c3ccc(N(c4ccccc4)c4cccc(-c5ccc(-c6ccc7c(c6)C6(c8ccccc8Sc8ccccc86)c6ccccc6[Si]7c6ccccc6)cc5)c4)cc3)cc2)cc1. The third kappa shape index (κ3) is 7.17. The van der Waals surface area contributed by atoms with E-state index in [4.69, 9.17) is 0 Å². The molecule has 0 saturated heterocycles. The Balaban J connectivity index is 0.873. The molecular weight excluding hydrogens is 879 g/mol. The smallest absolute Gasteiger partial charge is 0.155 e. The molecule has 0 aliphatic carbocycles. The Morgan fingerprint density at radius 1 is 0.271 bits per heavy atom. The maximum Gasteiger partial charge on any atom is 0.155 e. The number of hydrogen-bond acceptors (Lipinski definition) is 2. The summed E-state index contributed by atoms with van der Waals surface area (Å²) >= 11 is 1.90. The molecule has 329 valence electrons. The molecule has 0 bridgehead atoms. The molecular formula is C67H46NSSi. The van der Waals surface area contributed by atoms with Gasteiger partial charge in [0.05, 0.1) is 5.41 Å². The Bertz CT molecular complexity index is 3620. The fourth-order valence-corrected chi connectivity index (χ4v) is 15.3. The molecule has 70 heavy (non-hydrogen) atoms. The zero-order chi connectivity index (χ0) is 46.4. The lowest BCUT2D eigenvalue weighted by molar-refractivity contribution is 0.708. The minimum Gasteiger partial charge on any atom is -0.310 e. The zero-order valence-electron chi connectivity index (χ0n) is 38.4. The van der Waals surface area contributed by atoms with E-state index in [0.29, 0.717) is 0 Å². The largest absolute Gasteiger partial charge is 0.310 e. The van der Waals surface area contributed by atoms with Gasteiger partial charge < -0.3 is 4.90 Å². The highest BCUT2D eigenvalue weighted by Gasteiger charge is 2.51. The highest BCUT2D eigenvalue weighted by Crippen LogP contribution is 2.56. The Labute approximate surface area is 416 Å². The summed E-state index contributed by atoms with van der Waals surface area (Å²) in [6.07, 6.45) is 0. The van der Waals surface area contributed by atoms with E-state index in [1.165, 1.54) is 92.1 Å². The molecule has 11 aromatic carbocycles. The Kier molecular flexibility index (Phi) is 10.6. The predicted octanol–water partition coefficient (Wildman–Crippen LogP) is 15.5. The second-order valence-electron chi connectivity index (χ2n) is 18.2. The van der Waals surface area contributed by atoms with E-state index in [2.05, 4.69) is 284 Å². The number of anilines is 3. The summed E-state index contributed by atoms with van der Waals surface area (Å²) in [5.41, 5.74) is 18.0. The summed E-state index contributed by atoms with van der Waals surface area (Å²) in [7, 11) is -1.34. The van der Waals surface area contributed by atoms with Gasteiger partial charge in [-0.2, -0.15) is 0 Å². The number of para-hydroxylation sites is 1. The topological polar surface area (TPSA) is 3.24 Å². The van der Waals surface area contributed by atoms with E-state index in [9.17, 15) is 0 Å². The van der Waals surface area contributed by atoms with E-state index < -0.39 is 14.2 Å². The number of rotatable bonds is 8. The fraction of sp³-hybridized carbons (Fsp3) is 0.0149.